The van der Waals surface area contributed by atoms with Crippen molar-refractivity contribution in [3.05, 3.63) is 71.1 Å². The summed E-state index contributed by atoms with van der Waals surface area (Å²) in [6, 6.07) is 14.5. The number of aromatic carboxylic acids is 1. The fourth-order valence-corrected chi connectivity index (χ4v) is 4.46. The first-order valence-electron chi connectivity index (χ1n) is 9.60. The number of likely N-dealkylation sites (N-methyl/N-ethyl adjacent to an activating group) is 1. The maximum atomic E-state index is 13.1. The Hall–Kier alpha value is -3.83. The number of carboxylic acid groups (broad SMARTS) is 1. The van der Waals surface area contributed by atoms with E-state index in [9.17, 15) is 19.2 Å². The molecule has 2 aliphatic rings. The van der Waals surface area contributed by atoms with Gasteiger partial charge >= 0.3 is 5.97 Å². The summed E-state index contributed by atoms with van der Waals surface area (Å²) in [6.45, 7) is 0. The van der Waals surface area contributed by atoms with Gasteiger partial charge in [0.15, 0.2) is 10.3 Å². The second kappa shape index (κ2) is 8.96. The number of hydrogen-bond donors (Lipinski definition) is 2. The summed E-state index contributed by atoms with van der Waals surface area (Å²) in [6.07, 6.45) is 1.31. The molecule has 2 saturated heterocycles. The summed E-state index contributed by atoms with van der Waals surface area (Å²) >= 11 is 6.19. The van der Waals surface area contributed by atoms with Crippen LogP contribution >= 0.6 is 24.0 Å². The SMILES string of the molecule is CN1C(=O)C(=CC2C(=O)NC(=S)N(c3ccccc3)C2=O)SC1=Nc1ccc(C(=O)O)cc1. The molecule has 2 heterocycles. The van der Waals surface area contributed by atoms with Gasteiger partial charge in [0.2, 0.25) is 11.8 Å². The Morgan fingerprint density at radius 2 is 1.79 bits per heavy atom. The van der Waals surface area contributed by atoms with Crippen LogP contribution in [0.15, 0.2) is 70.6 Å². The normalized spacial score (nSPS) is 21.2. The molecule has 2 N–H and O–H groups in total. The highest BCUT2D eigenvalue weighted by molar-refractivity contribution is 8.18. The number of para-hydroxylation sites is 1. The van der Waals surface area contributed by atoms with E-state index in [0.717, 1.165) is 11.8 Å². The van der Waals surface area contributed by atoms with E-state index in [1.54, 1.807) is 30.3 Å². The number of benzene rings is 2. The van der Waals surface area contributed by atoms with Gasteiger partial charge in [-0.15, -0.1) is 0 Å². The van der Waals surface area contributed by atoms with Crippen LogP contribution in [0.5, 0.6) is 0 Å². The summed E-state index contributed by atoms with van der Waals surface area (Å²) in [4.78, 5) is 56.5. The van der Waals surface area contributed by atoms with Crippen LogP contribution < -0.4 is 10.2 Å². The van der Waals surface area contributed by atoms with Crippen molar-refractivity contribution in [3.63, 3.8) is 0 Å². The Balaban J connectivity index is 1.61. The minimum Gasteiger partial charge on any atom is -0.478 e. The summed E-state index contributed by atoms with van der Waals surface area (Å²) in [5.41, 5.74) is 1.08. The first kappa shape index (κ1) is 22.4. The third-order valence-electron chi connectivity index (χ3n) is 4.88. The lowest BCUT2D eigenvalue weighted by Crippen LogP contribution is -2.57. The first-order valence-corrected chi connectivity index (χ1v) is 10.8. The Kier molecular flexibility index (Phi) is 6.07. The first-order chi connectivity index (χ1) is 15.8. The number of carbonyl (C=O) groups excluding carboxylic acids is 3. The van der Waals surface area contributed by atoms with Gasteiger partial charge in [0.25, 0.3) is 5.91 Å². The minimum absolute atomic E-state index is 0.0274. The molecule has 0 aliphatic carbocycles. The minimum atomic E-state index is -1.24. The number of nitrogens with zero attached hydrogens (tertiary/aromatic N) is 3. The van der Waals surface area contributed by atoms with Crippen LogP contribution in [-0.4, -0.2) is 51.0 Å². The molecule has 0 saturated carbocycles. The molecule has 4 rings (SSSR count). The van der Waals surface area contributed by atoms with Gasteiger partial charge in [0, 0.05) is 7.05 Å². The van der Waals surface area contributed by atoms with Crippen LogP contribution in [0, 0.1) is 5.92 Å². The summed E-state index contributed by atoms with van der Waals surface area (Å²) in [7, 11) is 1.52. The van der Waals surface area contributed by atoms with E-state index in [4.69, 9.17) is 17.3 Å². The number of nitrogens with one attached hydrogen (secondary N) is 1. The number of thiocarbonyl (C=S) groups is 1. The van der Waals surface area contributed by atoms with Crippen molar-refractivity contribution in [3.8, 4) is 0 Å². The lowest BCUT2D eigenvalue weighted by molar-refractivity contribution is -0.131. The molecule has 2 aromatic rings. The van der Waals surface area contributed by atoms with Crippen molar-refractivity contribution in [1.29, 1.82) is 0 Å². The van der Waals surface area contributed by atoms with Crippen LogP contribution in [0.1, 0.15) is 10.4 Å². The Morgan fingerprint density at radius 1 is 1.12 bits per heavy atom. The van der Waals surface area contributed by atoms with E-state index >= 15 is 0 Å². The monoisotopic (exact) mass is 480 g/mol. The van der Waals surface area contributed by atoms with E-state index in [2.05, 4.69) is 10.3 Å². The van der Waals surface area contributed by atoms with Gasteiger partial charge in [-0.1, -0.05) is 18.2 Å². The molecule has 11 heteroatoms. The maximum absolute atomic E-state index is 13.1. The third-order valence-corrected chi connectivity index (χ3v) is 6.24. The summed E-state index contributed by atoms with van der Waals surface area (Å²) in [5, 5.41) is 11.8. The van der Waals surface area contributed by atoms with Crippen molar-refractivity contribution in [2.24, 2.45) is 10.9 Å². The van der Waals surface area contributed by atoms with Crippen molar-refractivity contribution in [2.45, 2.75) is 0 Å². The van der Waals surface area contributed by atoms with E-state index in [0.29, 0.717) is 16.5 Å². The molecule has 166 valence electrons. The lowest BCUT2D eigenvalue weighted by atomic mass is 10.0. The van der Waals surface area contributed by atoms with Gasteiger partial charge in [0.05, 0.1) is 21.8 Å². The smallest absolute Gasteiger partial charge is 0.335 e. The second-order valence-corrected chi connectivity index (χ2v) is 8.42. The van der Waals surface area contributed by atoms with Crippen LogP contribution in [-0.2, 0) is 14.4 Å². The summed E-state index contributed by atoms with van der Waals surface area (Å²) in [5.74, 6) is -3.89. The highest BCUT2D eigenvalue weighted by Crippen LogP contribution is 2.33. The molecular formula is C22H16N4O5S2. The number of carbonyl (C=O) groups is 4. The van der Waals surface area contributed by atoms with Gasteiger partial charge in [-0.05, 0) is 66.5 Å². The number of thioether (sulfide) groups is 1. The molecule has 2 aromatic carbocycles. The molecule has 0 spiro atoms. The topological polar surface area (TPSA) is 119 Å². The van der Waals surface area contributed by atoms with Crippen LogP contribution in [0.3, 0.4) is 0 Å². The number of amides is 3. The molecule has 0 radical (unpaired) electrons. The zero-order valence-electron chi connectivity index (χ0n) is 17.1. The molecule has 0 bridgehead atoms. The molecular weight excluding hydrogens is 464 g/mol. The predicted molar refractivity (Wildman–Crippen MR) is 127 cm³/mol. The molecule has 0 aromatic heterocycles. The van der Waals surface area contributed by atoms with Gasteiger partial charge < -0.3 is 10.4 Å². The zero-order valence-corrected chi connectivity index (χ0v) is 18.7. The van der Waals surface area contributed by atoms with Crippen molar-refractivity contribution in [2.75, 3.05) is 11.9 Å². The van der Waals surface area contributed by atoms with E-state index in [-0.39, 0.29) is 15.6 Å². The number of rotatable bonds is 4. The van der Waals surface area contributed by atoms with Gasteiger partial charge in [-0.2, -0.15) is 0 Å². The molecule has 1 atom stereocenters. The van der Waals surface area contributed by atoms with Gasteiger partial charge in [-0.3, -0.25) is 24.2 Å². The molecule has 1 unspecified atom stereocenters. The largest absolute Gasteiger partial charge is 0.478 e. The number of aliphatic imine (C=N–C) groups is 1. The average molecular weight is 481 g/mol. The Labute approximate surface area is 197 Å². The predicted octanol–water partition coefficient (Wildman–Crippen LogP) is 2.53. The lowest BCUT2D eigenvalue weighted by Gasteiger charge is -2.31. The molecule has 2 aliphatic heterocycles. The van der Waals surface area contributed by atoms with Crippen LogP contribution in [0.4, 0.5) is 11.4 Å². The zero-order chi connectivity index (χ0) is 23.7. The standard InChI is InChI=1S/C22H16N4O5S2/c1-25-19(29)16(33-22(25)23-13-9-7-12(8-10-13)20(30)31)11-15-17(27)24-21(32)26(18(15)28)14-5-3-2-4-6-14/h2-11,15H,1H3,(H,30,31)(H,24,27,32). The van der Waals surface area contributed by atoms with E-state index in [1.807, 2.05) is 0 Å². The van der Waals surface area contributed by atoms with Crippen molar-refractivity contribution < 1.29 is 24.3 Å². The van der Waals surface area contributed by atoms with Crippen LogP contribution in [0.25, 0.3) is 0 Å². The molecule has 3 amide bonds. The number of hydrogen-bond acceptors (Lipinski definition) is 7. The van der Waals surface area contributed by atoms with Crippen LogP contribution in [0.2, 0.25) is 0 Å². The molecule has 9 nitrogen and oxygen atoms in total. The maximum Gasteiger partial charge on any atom is 0.335 e. The van der Waals surface area contributed by atoms with Gasteiger partial charge in [0.1, 0.15) is 5.92 Å². The number of anilines is 1. The fourth-order valence-electron chi connectivity index (χ4n) is 3.17. The van der Waals surface area contributed by atoms with E-state index < -0.39 is 29.6 Å². The van der Waals surface area contributed by atoms with Crippen molar-refractivity contribution >= 4 is 69.3 Å². The number of carboxylic acids is 1. The quantitative estimate of drug-likeness (QED) is 0.392. The Bertz CT molecular complexity index is 1240. The Morgan fingerprint density at radius 3 is 2.42 bits per heavy atom. The second-order valence-electron chi connectivity index (χ2n) is 7.02. The summed E-state index contributed by atoms with van der Waals surface area (Å²) < 4.78 is 0. The molecule has 2 fully saturated rings. The fraction of sp³-hybridized carbons (Fsp3) is 0.0909. The highest BCUT2D eigenvalue weighted by Gasteiger charge is 2.40. The molecule has 33 heavy (non-hydrogen) atoms. The van der Waals surface area contributed by atoms with Crippen molar-refractivity contribution in [1.82, 2.24) is 10.2 Å². The number of amidine groups is 1. The average Bonchev–Trinajstić information content (AvgIpc) is 3.05. The van der Waals surface area contributed by atoms with E-state index in [1.165, 1.54) is 47.2 Å². The highest BCUT2D eigenvalue weighted by atomic mass is 32.2. The van der Waals surface area contributed by atoms with Gasteiger partial charge in [-0.25, -0.2) is 9.79 Å². The third kappa shape index (κ3) is 4.41.